The van der Waals surface area contributed by atoms with Gasteiger partial charge in [0, 0.05) is 11.4 Å². The summed E-state index contributed by atoms with van der Waals surface area (Å²) in [6.45, 7) is 3.46. The van der Waals surface area contributed by atoms with Crippen LogP contribution in [0.5, 0.6) is 0 Å². The molecule has 0 fully saturated rings. The second-order valence-corrected chi connectivity index (χ2v) is 6.31. The van der Waals surface area contributed by atoms with E-state index in [0.717, 1.165) is 0 Å². The zero-order valence-corrected chi connectivity index (χ0v) is 11.5. The lowest BCUT2D eigenvalue weighted by Crippen LogP contribution is -2.13. The van der Waals surface area contributed by atoms with Gasteiger partial charge in [-0.05, 0) is 13.8 Å². The Hall–Kier alpha value is -1.45. The maximum Gasteiger partial charge on any atom is 0.280 e. The van der Waals surface area contributed by atoms with Crippen molar-refractivity contribution in [3.63, 3.8) is 0 Å². The van der Waals surface area contributed by atoms with Crippen molar-refractivity contribution in [1.29, 1.82) is 0 Å². The molecular weight excluding hydrogens is 274 g/mol. The Kier molecular flexibility index (Phi) is 3.37. The third-order valence-electron chi connectivity index (χ3n) is 2.18. The van der Waals surface area contributed by atoms with Crippen LogP contribution in [0, 0.1) is 6.92 Å². The van der Waals surface area contributed by atoms with E-state index in [4.69, 9.17) is 5.73 Å². The zero-order valence-electron chi connectivity index (χ0n) is 9.84. The second kappa shape index (κ2) is 4.67. The molecule has 1 unspecified atom stereocenters. The highest BCUT2D eigenvalue weighted by Gasteiger charge is 2.18. The third kappa shape index (κ3) is 2.68. The normalized spacial score (nSPS) is 13.5. The fraction of sp³-hybridized carbons (Fsp3) is 0.333. The summed E-state index contributed by atoms with van der Waals surface area (Å²) >= 11 is 1.19. The molecule has 18 heavy (non-hydrogen) atoms. The van der Waals surface area contributed by atoms with Crippen molar-refractivity contribution in [2.45, 2.75) is 24.9 Å². The highest BCUT2D eigenvalue weighted by Crippen LogP contribution is 2.21. The number of imidazole rings is 1. The molecule has 0 aliphatic heterocycles. The third-order valence-corrected chi connectivity index (χ3v) is 4.33. The van der Waals surface area contributed by atoms with E-state index in [1.165, 1.54) is 17.5 Å². The summed E-state index contributed by atoms with van der Waals surface area (Å²) in [7, 11) is -3.67. The van der Waals surface area contributed by atoms with E-state index in [0.29, 0.717) is 11.5 Å². The van der Waals surface area contributed by atoms with E-state index < -0.39 is 10.0 Å². The molecule has 0 saturated heterocycles. The van der Waals surface area contributed by atoms with Gasteiger partial charge in [0.25, 0.3) is 10.0 Å². The Bertz CT molecular complexity index is 643. The first-order valence-corrected chi connectivity index (χ1v) is 7.50. The lowest BCUT2D eigenvalue weighted by Gasteiger charge is -2.02. The fourth-order valence-corrected chi connectivity index (χ4v) is 3.29. The Morgan fingerprint density at radius 3 is 2.78 bits per heavy atom. The molecule has 0 bridgehead atoms. The first kappa shape index (κ1) is 13.0. The predicted molar refractivity (Wildman–Crippen MR) is 68.8 cm³/mol. The summed E-state index contributed by atoms with van der Waals surface area (Å²) in [6, 6.07) is -0.228. The molecular formula is C9H13N5O2S2. The molecule has 2 aromatic rings. The number of thiazole rings is 1. The topological polar surface area (TPSA) is 114 Å². The van der Waals surface area contributed by atoms with Crippen molar-refractivity contribution in [3.8, 4) is 0 Å². The lowest BCUT2D eigenvalue weighted by molar-refractivity contribution is 0.598. The standard InChI is InChI=1S/C9H13N5O2S2/c1-5(10)7-4-17-9(13-7)14-18(15,16)8-3-11-6(2)12-8/h3-5H,10H2,1-2H3,(H,11,12)(H,13,14). The molecule has 0 amide bonds. The van der Waals surface area contributed by atoms with Crippen LogP contribution in [0.25, 0.3) is 0 Å². The maximum atomic E-state index is 11.9. The molecule has 2 aromatic heterocycles. The molecule has 4 N–H and O–H groups in total. The molecule has 2 rings (SSSR count). The summed E-state index contributed by atoms with van der Waals surface area (Å²) in [4.78, 5) is 10.6. The van der Waals surface area contributed by atoms with Crippen LogP contribution >= 0.6 is 11.3 Å². The Morgan fingerprint density at radius 1 is 1.56 bits per heavy atom. The lowest BCUT2D eigenvalue weighted by atomic mass is 10.3. The van der Waals surface area contributed by atoms with Crippen LogP contribution in [0.4, 0.5) is 5.13 Å². The van der Waals surface area contributed by atoms with Gasteiger partial charge in [0.15, 0.2) is 10.2 Å². The molecule has 98 valence electrons. The first-order valence-electron chi connectivity index (χ1n) is 5.14. The smallest absolute Gasteiger partial charge is 0.280 e. The van der Waals surface area contributed by atoms with Gasteiger partial charge in [-0.2, -0.15) is 8.42 Å². The van der Waals surface area contributed by atoms with E-state index in [2.05, 4.69) is 19.7 Å². The van der Waals surface area contributed by atoms with E-state index in [-0.39, 0.29) is 16.2 Å². The van der Waals surface area contributed by atoms with Gasteiger partial charge in [0.2, 0.25) is 0 Å². The quantitative estimate of drug-likeness (QED) is 0.776. The molecule has 9 heteroatoms. The zero-order chi connectivity index (χ0) is 13.3. The first-order chi connectivity index (χ1) is 8.38. The van der Waals surface area contributed by atoms with E-state index in [9.17, 15) is 8.42 Å². The van der Waals surface area contributed by atoms with Crippen molar-refractivity contribution in [2.24, 2.45) is 5.73 Å². The van der Waals surface area contributed by atoms with E-state index in [1.807, 2.05) is 0 Å². The van der Waals surface area contributed by atoms with Crippen LogP contribution in [0.3, 0.4) is 0 Å². The highest BCUT2D eigenvalue weighted by molar-refractivity contribution is 7.92. The van der Waals surface area contributed by atoms with Gasteiger partial charge in [0.05, 0.1) is 11.9 Å². The Morgan fingerprint density at radius 2 is 2.28 bits per heavy atom. The number of hydrogen-bond donors (Lipinski definition) is 3. The number of nitrogens with two attached hydrogens (primary N) is 1. The number of H-pyrrole nitrogens is 1. The van der Waals surface area contributed by atoms with Crippen molar-refractivity contribution < 1.29 is 8.42 Å². The van der Waals surface area contributed by atoms with Gasteiger partial charge in [-0.25, -0.2) is 9.97 Å². The fourth-order valence-electron chi connectivity index (χ4n) is 1.25. The number of anilines is 1. The van der Waals surface area contributed by atoms with Crippen LogP contribution in [0.15, 0.2) is 16.6 Å². The molecule has 2 heterocycles. The van der Waals surface area contributed by atoms with E-state index >= 15 is 0 Å². The van der Waals surface area contributed by atoms with Gasteiger partial charge in [-0.15, -0.1) is 11.3 Å². The number of nitrogens with one attached hydrogen (secondary N) is 2. The number of hydrogen-bond acceptors (Lipinski definition) is 6. The van der Waals surface area contributed by atoms with Crippen molar-refractivity contribution in [2.75, 3.05) is 4.72 Å². The van der Waals surface area contributed by atoms with Gasteiger partial charge in [-0.3, -0.25) is 4.72 Å². The molecule has 0 radical (unpaired) electrons. The molecule has 0 aliphatic rings. The minimum atomic E-state index is -3.67. The largest absolute Gasteiger partial charge is 0.332 e. The molecule has 0 saturated carbocycles. The van der Waals surface area contributed by atoms with Crippen LogP contribution < -0.4 is 10.5 Å². The second-order valence-electron chi connectivity index (χ2n) is 3.80. The number of rotatable bonds is 4. The SMILES string of the molecule is Cc1ncc(S(=O)(=O)Nc2nc(C(C)N)cs2)[nH]1. The summed E-state index contributed by atoms with van der Waals surface area (Å²) < 4.78 is 26.3. The van der Waals surface area contributed by atoms with Crippen LogP contribution in [0.1, 0.15) is 24.5 Å². The monoisotopic (exact) mass is 287 g/mol. The van der Waals surface area contributed by atoms with Gasteiger partial charge < -0.3 is 10.7 Å². The number of aryl methyl sites for hydroxylation is 1. The Balaban J connectivity index is 2.22. The molecule has 0 spiro atoms. The van der Waals surface area contributed by atoms with Crippen LogP contribution in [-0.2, 0) is 10.0 Å². The van der Waals surface area contributed by atoms with Gasteiger partial charge in [0.1, 0.15) is 5.82 Å². The average Bonchev–Trinajstić information content (AvgIpc) is 2.86. The van der Waals surface area contributed by atoms with Crippen LogP contribution in [0.2, 0.25) is 0 Å². The summed E-state index contributed by atoms with van der Waals surface area (Å²) in [6.07, 6.45) is 1.26. The van der Waals surface area contributed by atoms with Gasteiger partial charge in [-0.1, -0.05) is 0 Å². The molecule has 0 aromatic carbocycles. The van der Waals surface area contributed by atoms with E-state index in [1.54, 1.807) is 19.2 Å². The molecule has 1 atom stereocenters. The minimum Gasteiger partial charge on any atom is -0.332 e. The van der Waals surface area contributed by atoms with Crippen molar-refractivity contribution >= 4 is 26.5 Å². The van der Waals surface area contributed by atoms with Crippen molar-refractivity contribution in [1.82, 2.24) is 15.0 Å². The summed E-state index contributed by atoms with van der Waals surface area (Å²) in [5.74, 6) is 0.533. The molecule has 0 aliphatic carbocycles. The summed E-state index contributed by atoms with van der Waals surface area (Å²) in [5.41, 5.74) is 6.31. The number of sulfonamides is 1. The average molecular weight is 287 g/mol. The molecule has 7 nitrogen and oxygen atoms in total. The number of aromatic nitrogens is 3. The minimum absolute atomic E-state index is 0.0116. The highest BCUT2D eigenvalue weighted by atomic mass is 32.2. The van der Waals surface area contributed by atoms with Gasteiger partial charge >= 0.3 is 0 Å². The maximum absolute atomic E-state index is 11.9. The number of nitrogens with zero attached hydrogens (tertiary/aromatic N) is 2. The van der Waals surface area contributed by atoms with Crippen molar-refractivity contribution in [3.05, 3.63) is 23.1 Å². The summed E-state index contributed by atoms with van der Waals surface area (Å²) in [5, 5.41) is 2.02. The predicted octanol–water partition coefficient (Wildman–Crippen LogP) is 0.995. The number of aromatic amines is 1. The van der Waals surface area contributed by atoms with Crippen LogP contribution in [-0.4, -0.2) is 23.4 Å². The Labute approximate surface area is 109 Å².